The molecule has 6 nitrogen and oxygen atoms in total. The van der Waals surface area contributed by atoms with E-state index in [1.165, 1.54) is 0 Å². The van der Waals surface area contributed by atoms with Crippen molar-refractivity contribution in [1.82, 2.24) is 14.6 Å². The average Bonchev–Trinajstić information content (AvgIpc) is 3.25. The van der Waals surface area contributed by atoms with Gasteiger partial charge in [0.25, 0.3) is 5.91 Å². The van der Waals surface area contributed by atoms with E-state index < -0.39 is 0 Å². The fourth-order valence-electron chi connectivity index (χ4n) is 3.05. The summed E-state index contributed by atoms with van der Waals surface area (Å²) in [5, 5.41) is 7.80. The van der Waals surface area contributed by atoms with Gasteiger partial charge in [-0.3, -0.25) is 4.79 Å². The van der Waals surface area contributed by atoms with Gasteiger partial charge in [0.1, 0.15) is 0 Å². The van der Waals surface area contributed by atoms with E-state index >= 15 is 0 Å². The highest BCUT2D eigenvalue weighted by atomic mass is 16.1. The van der Waals surface area contributed by atoms with E-state index in [1.54, 1.807) is 16.8 Å². The minimum absolute atomic E-state index is 0.195. The predicted octanol–water partition coefficient (Wildman–Crippen LogP) is 3.71. The molecule has 0 fully saturated rings. The smallest absolute Gasteiger partial charge is 0.277 e. The normalized spacial score (nSPS) is 12.5. The van der Waals surface area contributed by atoms with Gasteiger partial charge < -0.3 is 5.32 Å². The van der Waals surface area contributed by atoms with Crippen molar-refractivity contribution < 1.29 is 4.79 Å². The summed E-state index contributed by atoms with van der Waals surface area (Å²) in [4.78, 5) is 20.1. The van der Waals surface area contributed by atoms with Crippen molar-refractivity contribution >= 4 is 29.4 Å². The highest BCUT2D eigenvalue weighted by Crippen LogP contribution is 2.25. The Morgan fingerprint density at radius 3 is 2.69 bits per heavy atom. The number of benzene rings is 2. The first kappa shape index (κ1) is 14.5. The SMILES string of the molecule is O=C1N=Cc2cc(-c3cccc4nc(Nc5ccccc5)nn34)ccc21. The van der Waals surface area contributed by atoms with Crippen LogP contribution in [0.5, 0.6) is 0 Å². The van der Waals surface area contributed by atoms with Gasteiger partial charge in [0.15, 0.2) is 5.65 Å². The van der Waals surface area contributed by atoms with Gasteiger partial charge in [-0.1, -0.05) is 30.3 Å². The van der Waals surface area contributed by atoms with Gasteiger partial charge in [-0.05, 0) is 36.4 Å². The summed E-state index contributed by atoms with van der Waals surface area (Å²) in [6.45, 7) is 0. The number of pyridine rings is 1. The number of aromatic nitrogens is 3. The zero-order valence-electron chi connectivity index (χ0n) is 13.6. The zero-order chi connectivity index (χ0) is 17.5. The second kappa shape index (κ2) is 5.63. The fourth-order valence-corrected chi connectivity index (χ4v) is 3.05. The Bertz CT molecular complexity index is 1180. The topological polar surface area (TPSA) is 71.7 Å². The summed E-state index contributed by atoms with van der Waals surface area (Å²) in [5.41, 5.74) is 4.97. The highest BCUT2D eigenvalue weighted by molar-refractivity contribution is 6.13. The number of nitrogens with one attached hydrogen (secondary N) is 1. The molecular formula is C20H13N5O. The average molecular weight is 339 g/mol. The van der Waals surface area contributed by atoms with Crippen LogP contribution in [0, 0.1) is 0 Å². The minimum Gasteiger partial charge on any atom is -0.323 e. The van der Waals surface area contributed by atoms with Crippen LogP contribution in [-0.4, -0.2) is 26.7 Å². The van der Waals surface area contributed by atoms with Crippen LogP contribution in [-0.2, 0) is 0 Å². The standard InChI is InChI=1S/C20H13N5O/c26-19-16-10-9-13(11-14(16)12-21-19)17-7-4-8-18-23-20(24-25(17)18)22-15-5-2-1-3-6-15/h1-12H,(H,22,24). The fraction of sp³-hybridized carbons (Fsp3) is 0. The first-order chi connectivity index (χ1) is 12.8. The molecule has 0 saturated heterocycles. The Morgan fingerprint density at radius 1 is 0.923 bits per heavy atom. The van der Waals surface area contributed by atoms with Crippen LogP contribution in [0.4, 0.5) is 11.6 Å². The molecule has 26 heavy (non-hydrogen) atoms. The van der Waals surface area contributed by atoms with Gasteiger partial charge in [-0.2, -0.15) is 4.98 Å². The quantitative estimate of drug-likeness (QED) is 0.617. The molecule has 124 valence electrons. The summed E-state index contributed by atoms with van der Waals surface area (Å²) in [6.07, 6.45) is 1.60. The summed E-state index contributed by atoms with van der Waals surface area (Å²) < 4.78 is 1.79. The lowest BCUT2D eigenvalue weighted by molar-refractivity contribution is 0.101. The zero-order valence-corrected chi connectivity index (χ0v) is 13.6. The molecule has 6 heteroatoms. The van der Waals surface area contributed by atoms with Crippen molar-refractivity contribution in [3.05, 3.63) is 77.9 Å². The van der Waals surface area contributed by atoms with Crippen molar-refractivity contribution in [2.75, 3.05) is 5.32 Å². The molecule has 1 N–H and O–H groups in total. The van der Waals surface area contributed by atoms with E-state index in [2.05, 4.69) is 20.4 Å². The minimum atomic E-state index is -0.195. The molecule has 1 aliphatic rings. The molecule has 2 aromatic heterocycles. The van der Waals surface area contributed by atoms with Crippen molar-refractivity contribution in [2.24, 2.45) is 4.99 Å². The third-order valence-corrected chi connectivity index (χ3v) is 4.29. The van der Waals surface area contributed by atoms with E-state index in [0.29, 0.717) is 11.5 Å². The third kappa shape index (κ3) is 2.36. The molecule has 0 atom stereocenters. The highest BCUT2D eigenvalue weighted by Gasteiger charge is 2.17. The van der Waals surface area contributed by atoms with Crippen LogP contribution in [0.1, 0.15) is 15.9 Å². The largest absolute Gasteiger partial charge is 0.323 e. The van der Waals surface area contributed by atoms with E-state index in [0.717, 1.165) is 28.2 Å². The van der Waals surface area contributed by atoms with Crippen molar-refractivity contribution in [2.45, 2.75) is 0 Å². The second-order valence-corrected chi connectivity index (χ2v) is 5.97. The van der Waals surface area contributed by atoms with Crippen LogP contribution in [0.2, 0.25) is 0 Å². The van der Waals surface area contributed by atoms with Gasteiger partial charge in [0.2, 0.25) is 5.95 Å². The first-order valence-electron chi connectivity index (χ1n) is 8.19. The number of carbonyl (C=O) groups is 1. The molecule has 0 unspecified atom stereocenters. The third-order valence-electron chi connectivity index (χ3n) is 4.29. The summed E-state index contributed by atoms with van der Waals surface area (Å²) in [6, 6.07) is 21.3. The maximum absolute atomic E-state index is 11.7. The molecule has 0 bridgehead atoms. The maximum Gasteiger partial charge on any atom is 0.277 e. The predicted molar refractivity (Wildman–Crippen MR) is 100 cm³/mol. The Labute approximate surface area is 148 Å². The van der Waals surface area contributed by atoms with Gasteiger partial charge in [-0.25, -0.2) is 9.51 Å². The van der Waals surface area contributed by atoms with Crippen LogP contribution in [0.25, 0.3) is 16.9 Å². The number of aliphatic imine (C=N–C) groups is 1. The first-order valence-corrected chi connectivity index (χ1v) is 8.19. The van der Waals surface area contributed by atoms with Gasteiger partial charge >= 0.3 is 0 Å². The van der Waals surface area contributed by atoms with Gasteiger partial charge in [0, 0.05) is 23.0 Å². The van der Waals surface area contributed by atoms with E-state index in [4.69, 9.17) is 0 Å². The number of nitrogens with zero attached hydrogens (tertiary/aromatic N) is 4. The summed E-state index contributed by atoms with van der Waals surface area (Å²) in [5.74, 6) is 0.335. The lowest BCUT2D eigenvalue weighted by Crippen LogP contribution is -1.97. The monoisotopic (exact) mass is 339 g/mol. The Hall–Kier alpha value is -3.80. The number of fused-ring (bicyclic) bond motifs is 2. The van der Waals surface area contributed by atoms with Crippen molar-refractivity contribution in [3.63, 3.8) is 0 Å². The molecule has 0 aliphatic carbocycles. The molecule has 3 heterocycles. The molecule has 4 aromatic rings. The van der Waals surface area contributed by atoms with Crippen LogP contribution in [0.3, 0.4) is 0 Å². The van der Waals surface area contributed by atoms with Crippen molar-refractivity contribution in [1.29, 1.82) is 0 Å². The Balaban J connectivity index is 1.58. The van der Waals surface area contributed by atoms with Gasteiger partial charge in [0.05, 0.1) is 11.3 Å². The molecule has 0 radical (unpaired) electrons. The van der Waals surface area contributed by atoms with E-state index in [9.17, 15) is 4.79 Å². The van der Waals surface area contributed by atoms with Gasteiger partial charge in [-0.15, -0.1) is 5.10 Å². The molecule has 2 aromatic carbocycles. The van der Waals surface area contributed by atoms with E-state index in [-0.39, 0.29) is 5.91 Å². The maximum atomic E-state index is 11.7. The Morgan fingerprint density at radius 2 is 1.81 bits per heavy atom. The summed E-state index contributed by atoms with van der Waals surface area (Å²) in [7, 11) is 0. The molecule has 1 aliphatic heterocycles. The molecule has 0 spiro atoms. The Kier molecular flexibility index (Phi) is 3.15. The number of anilines is 2. The number of amides is 1. The molecule has 5 rings (SSSR count). The summed E-state index contributed by atoms with van der Waals surface area (Å²) >= 11 is 0. The van der Waals surface area contributed by atoms with Crippen LogP contribution >= 0.6 is 0 Å². The van der Waals surface area contributed by atoms with Crippen LogP contribution in [0.15, 0.2) is 71.7 Å². The van der Waals surface area contributed by atoms with Crippen LogP contribution < -0.4 is 5.32 Å². The second-order valence-electron chi connectivity index (χ2n) is 5.97. The lowest BCUT2D eigenvalue weighted by atomic mass is 10.0. The number of hydrogen-bond donors (Lipinski definition) is 1. The number of para-hydroxylation sites is 1. The molecule has 1 amide bonds. The van der Waals surface area contributed by atoms with Crippen molar-refractivity contribution in [3.8, 4) is 11.3 Å². The number of rotatable bonds is 3. The molecular weight excluding hydrogens is 326 g/mol. The molecule has 0 saturated carbocycles. The lowest BCUT2D eigenvalue weighted by Gasteiger charge is -2.05. The number of carbonyl (C=O) groups excluding carboxylic acids is 1. The number of hydrogen-bond acceptors (Lipinski definition) is 4. The van der Waals surface area contributed by atoms with E-state index in [1.807, 2.05) is 60.7 Å².